The summed E-state index contributed by atoms with van der Waals surface area (Å²) in [6, 6.07) is 16.7. The number of fused-ring (bicyclic) bond motifs is 1. The molecule has 2 atom stereocenters. The number of halogens is 1. The van der Waals surface area contributed by atoms with Crippen molar-refractivity contribution in [1.29, 1.82) is 0 Å². The van der Waals surface area contributed by atoms with Crippen LogP contribution in [0.5, 0.6) is 0 Å². The van der Waals surface area contributed by atoms with Gasteiger partial charge >= 0.3 is 0 Å². The number of hydrogen-bond acceptors (Lipinski definition) is 2. The van der Waals surface area contributed by atoms with Crippen molar-refractivity contribution < 1.29 is 4.74 Å². The van der Waals surface area contributed by atoms with Gasteiger partial charge in [0.25, 0.3) is 0 Å². The van der Waals surface area contributed by atoms with Crippen LogP contribution in [0.4, 0.5) is 0 Å². The van der Waals surface area contributed by atoms with Crippen molar-refractivity contribution in [2.45, 2.75) is 19.1 Å². The number of aromatic nitrogens is 1. The van der Waals surface area contributed by atoms with E-state index in [1.165, 1.54) is 22.0 Å². The molecule has 0 amide bonds. The lowest BCUT2D eigenvalue weighted by Crippen LogP contribution is -2.35. The summed E-state index contributed by atoms with van der Waals surface area (Å²) in [6.45, 7) is 2.89. The average molecular weight is 343 g/mol. The summed E-state index contributed by atoms with van der Waals surface area (Å²) in [6.07, 6.45) is 2.21. The molecule has 0 unspecified atom stereocenters. The third-order valence-corrected chi connectivity index (χ3v) is 4.73. The summed E-state index contributed by atoms with van der Waals surface area (Å²) in [5, 5.41) is 5.19. The Morgan fingerprint density at radius 3 is 2.58 bits per heavy atom. The van der Waals surface area contributed by atoms with Gasteiger partial charge in [0.05, 0.1) is 12.1 Å². The van der Waals surface area contributed by atoms with Gasteiger partial charge in [-0.05, 0) is 43.3 Å². The van der Waals surface area contributed by atoms with Crippen LogP contribution in [0.15, 0.2) is 54.7 Å². The molecule has 3 aromatic rings. The van der Waals surface area contributed by atoms with E-state index < -0.39 is 0 Å². The van der Waals surface area contributed by atoms with Crippen molar-refractivity contribution in [2.24, 2.45) is 0 Å². The highest BCUT2D eigenvalue weighted by Gasteiger charge is 2.26. The summed E-state index contributed by atoms with van der Waals surface area (Å²) in [4.78, 5) is 0. The van der Waals surface area contributed by atoms with E-state index in [0.29, 0.717) is 0 Å². The number of hydrogen-bond donors (Lipinski definition) is 1. The van der Waals surface area contributed by atoms with Gasteiger partial charge in [0, 0.05) is 35.8 Å². The molecule has 0 saturated heterocycles. The second-order valence-corrected chi connectivity index (χ2v) is 6.50. The van der Waals surface area contributed by atoms with Gasteiger partial charge in [-0.3, -0.25) is 0 Å². The zero-order valence-electron chi connectivity index (χ0n) is 14.3. The van der Waals surface area contributed by atoms with E-state index in [4.69, 9.17) is 16.3 Å². The Hall–Kier alpha value is -1.81. The zero-order chi connectivity index (χ0) is 17.1. The summed E-state index contributed by atoms with van der Waals surface area (Å²) >= 11 is 6.19. The predicted octanol–water partition coefficient (Wildman–Crippen LogP) is 4.43. The number of aryl methyl sites for hydroxylation is 1. The number of likely N-dealkylation sites (N-methyl/N-ethyl adjacent to an activating group) is 1. The number of rotatable bonds is 6. The minimum absolute atomic E-state index is 0.0167. The molecule has 0 aliphatic rings. The lowest BCUT2D eigenvalue weighted by Gasteiger charge is -2.29. The van der Waals surface area contributed by atoms with Crippen LogP contribution in [-0.4, -0.2) is 31.4 Å². The van der Waals surface area contributed by atoms with Gasteiger partial charge in [-0.25, -0.2) is 0 Å². The molecule has 0 radical (unpaired) electrons. The molecule has 0 aliphatic carbocycles. The van der Waals surface area contributed by atoms with Crippen LogP contribution in [0.2, 0.25) is 5.02 Å². The van der Waals surface area contributed by atoms with E-state index in [2.05, 4.69) is 53.3 Å². The molecule has 0 aliphatic heterocycles. The van der Waals surface area contributed by atoms with E-state index in [1.807, 2.05) is 25.2 Å². The van der Waals surface area contributed by atoms with Crippen molar-refractivity contribution >= 4 is 22.5 Å². The van der Waals surface area contributed by atoms with E-state index >= 15 is 0 Å². The maximum absolute atomic E-state index is 6.19. The Bertz CT molecular complexity index is 813. The summed E-state index contributed by atoms with van der Waals surface area (Å²) in [5.41, 5.74) is 3.61. The van der Waals surface area contributed by atoms with Crippen molar-refractivity contribution in [3.8, 4) is 0 Å². The summed E-state index contributed by atoms with van der Waals surface area (Å²) in [7, 11) is 3.72. The summed E-state index contributed by atoms with van der Waals surface area (Å²) < 4.78 is 8.14. The molecule has 24 heavy (non-hydrogen) atoms. The second-order valence-electron chi connectivity index (χ2n) is 6.07. The smallest absolute Gasteiger partial charge is 0.0943 e. The van der Waals surface area contributed by atoms with Crippen LogP contribution < -0.4 is 5.32 Å². The van der Waals surface area contributed by atoms with Crippen molar-refractivity contribution in [1.82, 2.24) is 9.88 Å². The molecule has 126 valence electrons. The second kappa shape index (κ2) is 7.39. The van der Waals surface area contributed by atoms with E-state index in [-0.39, 0.29) is 12.1 Å². The maximum atomic E-state index is 6.19. The van der Waals surface area contributed by atoms with Crippen LogP contribution in [0.25, 0.3) is 10.9 Å². The fourth-order valence-corrected chi connectivity index (χ4v) is 3.53. The molecule has 3 rings (SSSR count). The Balaban J connectivity index is 2.19. The number of methoxy groups -OCH3 is 1. The van der Waals surface area contributed by atoms with Crippen LogP contribution in [0.1, 0.15) is 17.2 Å². The molecule has 1 aromatic heterocycles. The van der Waals surface area contributed by atoms with Crippen LogP contribution in [0, 0.1) is 6.92 Å². The molecular weight excluding hydrogens is 320 g/mol. The van der Waals surface area contributed by atoms with E-state index in [0.717, 1.165) is 11.6 Å². The lowest BCUT2D eigenvalue weighted by molar-refractivity contribution is 0.0722. The highest BCUT2D eigenvalue weighted by molar-refractivity contribution is 6.31. The van der Waals surface area contributed by atoms with Gasteiger partial charge in [0.1, 0.15) is 0 Å². The van der Waals surface area contributed by atoms with Crippen molar-refractivity contribution in [3.05, 3.63) is 70.9 Å². The van der Waals surface area contributed by atoms with Gasteiger partial charge < -0.3 is 14.6 Å². The molecule has 4 heteroatoms. The third kappa shape index (κ3) is 3.20. The van der Waals surface area contributed by atoms with Gasteiger partial charge in [-0.15, -0.1) is 0 Å². The van der Waals surface area contributed by atoms with Crippen molar-refractivity contribution in [3.63, 3.8) is 0 Å². The number of nitrogens with one attached hydrogen (secondary N) is 1. The lowest BCUT2D eigenvalue weighted by atomic mass is 10.0. The fraction of sp³-hybridized carbons (Fsp3) is 0.300. The SMILES string of the molecule is CNC[C@@H](OC)[C@H](c1ccccc1)n1cc(C)c2cc(Cl)ccc21. The normalized spacial score (nSPS) is 14.0. The third-order valence-electron chi connectivity index (χ3n) is 4.50. The van der Waals surface area contributed by atoms with Crippen molar-refractivity contribution in [2.75, 3.05) is 20.7 Å². The molecular formula is C20H23ClN2O. The topological polar surface area (TPSA) is 26.2 Å². The standard InChI is InChI=1S/C20H23ClN2O/c1-14-13-23(18-10-9-16(21)11-17(14)18)20(19(24-3)12-22-2)15-7-5-4-6-8-15/h4-11,13,19-20,22H,12H2,1-3H3/t19-,20+/m1/s1. The number of nitrogens with zero attached hydrogens (tertiary/aromatic N) is 1. The molecule has 0 saturated carbocycles. The number of benzene rings is 2. The Morgan fingerprint density at radius 2 is 1.92 bits per heavy atom. The predicted molar refractivity (Wildman–Crippen MR) is 101 cm³/mol. The highest BCUT2D eigenvalue weighted by Crippen LogP contribution is 2.32. The molecule has 1 N–H and O–H groups in total. The highest BCUT2D eigenvalue weighted by atomic mass is 35.5. The first-order valence-corrected chi connectivity index (χ1v) is 8.52. The van der Waals surface area contributed by atoms with Gasteiger partial charge in [-0.1, -0.05) is 41.9 Å². The largest absolute Gasteiger partial charge is 0.378 e. The molecule has 0 bridgehead atoms. The minimum Gasteiger partial charge on any atom is -0.378 e. The van der Waals surface area contributed by atoms with Gasteiger partial charge in [0.2, 0.25) is 0 Å². The minimum atomic E-state index is 0.0167. The molecule has 3 nitrogen and oxygen atoms in total. The van der Waals surface area contributed by atoms with Crippen LogP contribution in [-0.2, 0) is 4.74 Å². The first kappa shape index (κ1) is 17.0. The first-order chi connectivity index (χ1) is 11.7. The molecule has 0 fully saturated rings. The Labute approximate surface area is 148 Å². The fourth-order valence-electron chi connectivity index (χ4n) is 3.36. The Morgan fingerprint density at radius 1 is 1.17 bits per heavy atom. The van der Waals surface area contributed by atoms with E-state index in [9.17, 15) is 0 Å². The maximum Gasteiger partial charge on any atom is 0.0943 e. The van der Waals surface area contributed by atoms with Crippen LogP contribution in [0.3, 0.4) is 0 Å². The Kier molecular flexibility index (Phi) is 5.24. The van der Waals surface area contributed by atoms with Gasteiger partial charge in [-0.2, -0.15) is 0 Å². The van der Waals surface area contributed by atoms with E-state index in [1.54, 1.807) is 7.11 Å². The zero-order valence-corrected chi connectivity index (χ0v) is 15.0. The average Bonchev–Trinajstić information content (AvgIpc) is 2.91. The molecule has 2 aromatic carbocycles. The quantitative estimate of drug-likeness (QED) is 0.717. The molecule has 1 heterocycles. The number of ether oxygens (including phenoxy) is 1. The van der Waals surface area contributed by atoms with Crippen LogP contribution >= 0.6 is 11.6 Å². The molecule has 0 spiro atoms. The first-order valence-electron chi connectivity index (χ1n) is 8.14. The monoisotopic (exact) mass is 342 g/mol. The summed E-state index contributed by atoms with van der Waals surface area (Å²) in [5.74, 6) is 0. The van der Waals surface area contributed by atoms with Gasteiger partial charge in [0.15, 0.2) is 0 Å².